The van der Waals surface area contributed by atoms with Gasteiger partial charge in [0.1, 0.15) is 18.0 Å². The molecule has 0 aliphatic carbocycles. The lowest BCUT2D eigenvalue weighted by Crippen LogP contribution is -1.97. The number of nitrogens with one attached hydrogen (secondary N) is 1. The largest absolute Gasteiger partial charge is 0.276 e. The lowest BCUT2D eigenvalue weighted by atomic mass is 10.1. The molecule has 82 valence electrons. The molecule has 0 radical (unpaired) electrons. The third kappa shape index (κ3) is 3.62. The van der Waals surface area contributed by atoms with Crippen LogP contribution in [0.2, 0.25) is 0 Å². The number of halogens is 1. The Morgan fingerprint density at radius 2 is 1.94 bits per heavy atom. The molecule has 0 aliphatic rings. The van der Waals surface area contributed by atoms with E-state index in [1.165, 1.54) is 12.1 Å². The van der Waals surface area contributed by atoms with Gasteiger partial charge in [0.2, 0.25) is 5.71 Å². The van der Waals surface area contributed by atoms with Crippen LogP contribution in [0.1, 0.15) is 5.56 Å². The Hall–Kier alpha value is -2.91. The Balaban J connectivity index is 2.94. The molecule has 5 nitrogen and oxygen atoms in total. The van der Waals surface area contributed by atoms with E-state index in [4.69, 9.17) is 15.8 Å². The van der Waals surface area contributed by atoms with Gasteiger partial charge in [-0.1, -0.05) is 0 Å². The van der Waals surface area contributed by atoms with Gasteiger partial charge in [-0.25, -0.2) is 4.39 Å². The van der Waals surface area contributed by atoms with Crippen LogP contribution in [0.15, 0.2) is 23.3 Å². The van der Waals surface area contributed by atoms with Crippen molar-refractivity contribution in [3.05, 3.63) is 29.6 Å². The summed E-state index contributed by atoms with van der Waals surface area (Å²) in [6.07, 6.45) is 0.0690. The second kappa shape index (κ2) is 5.85. The van der Waals surface area contributed by atoms with Crippen molar-refractivity contribution in [2.24, 2.45) is 5.10 Å². The van der Waals surface area contributed by atoms with Crippen molar-refractivity contribution in [2.75, 3.05) is 5.43 Å². The molecule has 0 heterocycles. The molecule has 0 spiro atoms. The highest BCUT2D eigenvalue weighted by Crippen LogP contribution is 2.14. The maximum absolute atomic E-state index is 13.1. The van der Waals surface area contributed by atoms with Crippen molar-refractivity contribution < 1.29 is 4.39 Å². The van der Waals surface area contributed by atoms with E-state index in [0.29, 0.717) is 5.56 Å². The summed E-state index contributed by atoms with van der Waals surface area (Å²) in [5.41, 5.74) is 2.78. The molecule has 0 unspecified atom stereocenters. The maximum atomic E-state index is 13.1. The lowest BCUT2D eigenvalue weighted by molar-refractivity contribution is 0.626. The molecule has 0 saturated heterocycles. The highest BCUT2D eigenvalue weighted by atomic mass is 19.1. The fraction of sp³-hybridized carbons (Fsp3) is 0.0909. The number of hydrogen-bond donors (Lipinski definition) is 1. The monoisotopic (exact) mass is 227 g/mol. The van der Waals surface area contributed by atoms with Crippen LogP contribution in [0.4, 0.5) is 10.1 Å². The lowest BCUT2D eigenvalue weighted by Gasteiger charge is -2.02. The second-order valence-electron chi connectivity index (χ2n) is 2.98. The Kier molecular flexibility index (Phi) is 4.18. The summed E-state index contributed by atoms with van der Waals surface area (Å²) < 4.78 is 13.1. The predicted molar refractivity (Wildman–Crippen MR) is 58.0 cm³/mol. The molecule has 1 N–H and O–H groups in total. The van der Waals surface area contributed by atoms with Crippen molar-refractivity contribution in [1.29, 1.82) is 15.8 Å². The summed E-state index contributed by atoms with van der Waals surface area (Å²) in [6, 6.07) is 8.90. The number of nitrogens with zero attached hydrogens (tertiary/aromatic N) is 4. The Labute approximate surface area is 97.0 Å². The molecule has 0 aromatic heterocycles. The minimum atomic E-state index is -0.522. The Bertz CT molecular complexity index is 555. The van der Waals surface area contributed by atoms with Gasteiger partial charge in [-0.15, -0.1) is 0 Å². The third-order valence-corrected chi connectivity index (χ3v) is 1.75. The Morgan fingerprint density at radius 3 is 2.53 bits per heavy atom. The molecule has 6 heteroatoms. The van der Waals surface area contributed by atoms with E-state index in [0.717, 1.165) is 6.07 Å². The van der Waals surface area contributed by atoms with E-state index in [1.54, 1.807) is 12.1 Å². The number of hydrazone groups is 1. The van der Waals surface area contributed by atoms with Crippen molar-refractivity contribution in [3.8, 4) is 18.2 Å². The van der Waals surface area contributed by atoms with Gasteiger partial charge in [-0.3, -0.25) is 5.43 Å². The number of anilines is 1. The molecule has 1 rings (SSSR count). The molecular weight excluding hydrogens is 221 g/mol. The molecule has 0 atom stereocenters. The summed E-state index contributed by atoms with van der Waals surface area (Å²) in [7, 11) is 0. The third-order valence-electron chi connectivity index (χ3n) is 1.75. The summed E-state index contributed by atoms with van der Waals surface area (Å²) in [5, 5.41) is 28.8. The normalized spacial score (nSPS) is 8.35. The first kappa shape index (κ1) is 12.2. The van der Waals surface area contributed by atoms with Crippen molar-refractivity contribution in [2.45, 2.75) is 6.42 Å². The van der Waals surface area contributed by atoms with Crippen molar-refractivity contribution in [3.63, 3.8) is 0 Å². The van der Waals surface area contributed by atoms with E-state index in [2.05, 4.69) is 10.5 Å². The molecule has 1 aromatic rings. The predicted octanol–water partition coefficient (Wildman–Crippen LogP) is 1.71. The maximum Gasteiger partial charge on any atom is 0.237 e. The van der Waals surface area contributed by atoms with E-state index in [1.807, 2.05) is 6.07 Å². The minimum Gasteiger partial charge on any atom is -0.276 e. The fourth-order valence-electron chi connectivity index (χ4n) is 1.10. The number of benzene rings is 1. The van der Waals surface area contributed by atoms with Crippen LogP contribution in [0.3, 0.4) is 0 Å². The summed E-state index contributed by atoms with van der Waals surface area (Å²) >= 11 is 0. The summed E-state index contributed by atoms with van der Waals surface area (Å²) in [4.78, 5) is 0. The van der Waals surface area contributed by atoms with E-state index >= 15 is 0 Å². The highest BCUT2D eigenvalue weighted by molar-refractivity contribution is 6.10. The molecule has 1 aromatic carbocycles. The molecule has 17 heavy (non-hydrogen) atoms. The molecular formula is C11H6FN5. The number of nitriles is 3. The van der Waals surface area contributed by atoms with Gasteiger partial charge in [0.15, 0.2) is 0 Å². The van der Waals surface area contributed by atoms with Crippen LogP contribution in [-0.4, -0.2) is 5.71 Å². The smallest absolute Gasteiger partial charge is 0.237 e. The number of rotatable bonds is 3. The van der Waals surface area contributed by atoms with E-state index in [9.17, 15) is 4.39 Å². The molecule has 0 aliphatic heterocycles. The van der Waals surface area contributed by atoms with Gasteiger partial charge in [-0.2, -0.15) is 20.9 Å². The van der Waals surface area contributed by atoms with Crippen LogP contribution in [0.25, 0.3) is 0 Å². The standard InChI is InChI=1S/C11H6FN5/c12-9-3-8(1-2-13)4-10(5-9)16-17-11(6-14)7-15/h3-5,16H,1H2. The first-order valence-electron chi connectivity index (χ1n) is 4.50. The van der Waals surface area contributed by atoms with Crippen LogP contribution < -0.4 is 5.43 Å². The average Bonchev–Trinajstić information content (AvgIpc) is 2.30. The van der Waals surface area contributed by atoms with Crippen LogP contribution in [0.5, 0.6) is 0 Å². The van der Waals surface area contributed by atoms with Gasteiger partial charge < -0.3 is 0 Å². The second-order valence-corrected chi connectivity index (χ2v) is 2.98. The number of hydrogen-bond acceptors (Lipinski definition) is 5. The van der Waals surface area contributed by atoms with Crippen LogP contribution in [0, 0.1) is 39.8 Å². The van der Waals surface area contributed by atoms with E-state index in [-0.39, 0.29) is 17.8 Å². The van der Waals surface area contributed by atoms with Gasteiger partial charge in [0, 0.05) is 0 Å². The quantitative estimate of drug-likeness (QED) is 0.627. The average molecular weight is 227 g/mol. The van der Waals surface area contributed by atoms with Crippen molar-refractivity contribution in [1.82, 2.24) is 0 Å². The van der Waals surface area contributed by atoms with Crippen LogP contribution in [-0.2, 0) is 6.42 Å². The topological polar surface area (TPSA) is 95.8 Å². The molecule has 0 fully saturated rings. The summed E-state index contributed by atoms with van der Waals surface area (Å²) in [6.45, 7) is 0. The van der Waals surface area contributed by atoms with Gasteiger partial charge in [0.25, 0.3) is 0 Å². The SMILES string of the molecule is N#CCc1cc(F)cc(NN=C(C#N)C#N)c1. The van der Waals surface area contributed by atoms with Crippen LogP contribution >= 0.6 is 0 Å². The first-order chi connectivity index (χ1) is 8.19. The first-order valence-corrected chi connectivity index (χ1v) is 4.50. The van der Waals surface area contributed by atoms with Gasteiger partial charge >= 0.3 is 0 Å². The molecule has 0 saturated carbocycles. The zero-order valence-corrected chi connectivity index (χ0v) is 8.61. The van der Waals surface area contributed by atoms with Gasteiger partial charge in [-0.05, 0) is 23.8 Å². The fourth-order valence-corrected chi connectivity index (χ4v) is 1.10. The molecule has 0 amide bonds. The highest BCUT2D eigenvalue weighted by Gasteiger charge is 2.01. The molecule has 0 bridgehead atoms. The van der Waals surface area contributed by atoms with E-state index < -0.39 is 5.82 Å². The Morgan fingerprint density at radius 1 is 1.24 bits per heavy atom. The zero-order chi connectivity index (χ0) is 12.7. The van der Waals surface area contributed by atoms with Crippen molar-refractivity contribution >= 4 is 11.4 Å². The van der Waals surface area contributed by atoms with Gasteiger partial charge in [0.05, 0.1) is 18.2 Å². The summed E-state index contributed by atoms with van der Waals surface area (Å²) in [5.74, 6) is -0.522. The zero-order valence-electron chi connectivity index (χ0n) is 8.61. The minimum absolute atomic E-state index is 0.0690.